The number of phosphoric acid groups is 1. The molecular weight excluding hydrogens is 552 g/mol. The molecule has 17 heteroatoms. The third-order valence-electron chi connectivity index (χ3n) is 1.74. The van der Waals surface area contributed by atoms with Gasteiger partial charge in [-0.25, -0.2) is 9.09 Å². The van der Waals surface area contributed by atoms with Gasteiger partial charge in [-0.15, -0.1) is 0 Å². The third kappa shape index (κ3) is 5.95. The molecule has 0 radical (unpaired) electrons. The second kappa shape index (κ2) is 8.50. The SMILES string of the molecule is O=P(O)(O)OC(Cl)(Cl)C(Cl)(Cl)C(Cl)(Cl)C(Cl)(Cl)C(Cl)(Cl)Cl.[LiH]. The molecular formula is C5H3Cl11LiO4P. The molecule has 0 aliphatic rings. The summed E-state index contributed by atoms with van der Waals surface area (Å²) in [5.74, 6) is 0. The number of rotatable bonds is 5. The molecule has 0 saturated carbocycles. The Morgan fingerprint density at radius 1 is 0.682 bits per heavy atom. The fourth-order valence-corrected chi connectivity index (χ4v) is 4.43. The standard InChI is InChI=1S/C5H2Cl11O4P.Li.H/c6-1(7,2(8,9)4(12,13)14)3(10,11)5(15,16)20-21(17,18)19;;/h(H2,17,18,19);;. The Morgan fingerprint density at radius 3 is 1.23 bits per heavy atom. The molecule has 0 heterocycles. The second-order valence-electron chi connectivity index (χ2n) is 3.32. The summed E-state index contributed by atoms with van der Waals surface area (Å²) in [7, 11) is -5.28. The van der Waals surface area contributed by atoms with Gasteiger partial charge in [0.15, 0.2) is 4.33 Å². The molecule has 130 valence electrons. The minimum atomic E-state index is -5.28. The van der Waals surface area contributed by atoms with Gasteiger partial charge >= 0.3 is 26.7 Å². The van der Waals surface area contributed by atoms with E-state index in [4.69, 9.17) is 137 Å². The molecule has 0 aromatic carbocycles. The predicted molar refractivity (Wildman–Crippen MR) is 98.3 cm³/mol. The van der Waals surface area contributed by atoms with Crippen molar-refractivity contribution in [3.63, 3.8) is 0 Å². The Hall–Kier alpha value is 3.90. The molecule has 0 bridgehead atoms. The van der Waals surface area contributed by atoms with Gasteiger partial charge in [-0.3, -0.25) is 0 Å². The maximum atomic E-state index is 10.8. The molecule has 0 unspecified atom stereocenters. The number of hydrogen-bond acceptors (Lipinski definition) is 2. The topological polar surface area (TPSA) is 66.8 Å². The van der Waals surface area contributed by atoms with Gasteiger partial charge in [0.25, 0.3) is 4.52 Å². The van der Waals surface area contributed by atoms with Gasteiger partial charge in [-0.05, 0) is 0 Å². The van der Waals surface area contributed by atoms with E-state index < -0.39 is 29.1 Å². The first kappa shape index (κ1) is 28.1. The van der Waals surface area contributed by atoms with E-state index in [2.05, 4.69) is 4.52 Å². The zero-order valence-electron chi connectivity index (χ0n) is 8.82. The van der Waals surface area contributed by atoms with Gasteiger partial charge in [-0.1, -0.05) is 128 Å². The molecule has 4 nitrogen and oxygen atoms in total. The van der Waals surface area contributed by atoms with Crippen LogP contribution in [0.15, 0.2) is 0 Å². The summed E-state index contributed by atoms with van der Waals surface area (Å²) in [5.41, 5.74) is 0. The molecule has 0 atom stereocenters. The Bertz CT molecular complexity index is 442. The van der Waals surface area contributed by atoms with Crippen molar-refractivity contribution in [3.8, 4) is 0 Å². The molecule has 0 aromatic heterocycles. The van der Waals surface area contributed by atoms with Crippen molar-refractivity contribution >= 4 is 154 Å². The van der Waals surface area contributed by atoms with Crippen molar-refractivity contribution in [2.75, 3.05) is 0 Å². The van der Waals surface area contributed by atoms with E-state index in [1.165, 1.54) is 0 Å². The van der Waals surface area contributed by atoms with Crippen LogP contribution in [-0.4, -0.2) is 50.0 Å². The van der Waals surface area contributed by atoms with E-state index in [9.17, 15) is 4.57 Å². The van der Waals surface area contributed by atoms with Crippen molar-refractivity contribution in [2.45, 2.75) is 21.3 Å². The third-order valence-corrected chi connectivity index (χ3v) is 9.15. The number of hydrogen-bond donors (Lipinski definition) is 2. The van der Waals surface area contributed by atoms with Crippen LogP contribution in [-0.2, 0) is 9.09 Å². The molecule has 0 spiro atoms. The van der Waals surface area contributed by atoms with Crippen molar-refractivity contribution in [1.82, 2.24) is 0 Å². The normalized spacial score (nSPS) is 15.5. The summed E-state index contributed by atoms with van der Waals surface area (Å²) in [6.45, 7) is 0. The van der Waals surface area contributed by atoms with Gasteiger partial charge in [-0.2, -0.15) is 0 Å². The number of halogens is 11. The second-order valence-corrected chi connectivity index (χ2v) is 12.0. The average molecular weight is 555 g/mol. The predicted octanol–water partition coefficient (Wildman–Crippen LogP) is 5.47. The zero-order chi connectivity index (χ0) is 17.7. The molecule has 0 amide bonds. The Balaban J connectivity index is 0. The Labute approximate surface area is 192 Å². The maximum absolute atomic E-state index is 10.8. The number of phosphoric ester groups is 1. The van der Waals surface area contributed by atoms with Crippen molar-refractivity contribution in [1.29, 1.82) is 0 Å². The van der Waals surface area contributed by atoms with Crippen LogP contribution in [0.25, 0.3) is 0 Å². The zero-order valence-corrected chi connectivity index (χ0v) is 18.0. The van der Waals surface area contributed by atoms with Crippen LogP contribution in [0.5, 0.6) is 0 Å². The van der Waals surface area contributed by atoms with Gasteiger partial charge in [0.1, 0.15) is 0 Å². The summed E-state index contributed by atoms with van der Waals surface area (Å²) in [6.07, 6.45) is 0. The van der Waals surface area contributed by atoms with Crippen molar-refractivity contribution in [3.05, 3.63) is 0 Å². The van der Waals surface area contributed by atoms with Crippen LogP contribution in [0.1, 0.15) is 0 Å². The van der Waals surface area contributed by atoms with Gasteiger partial charge in [0.05, 0.1) is 0 Å². The number of alkyl halides is 11. The van der Waals surface area contributed by atoms with E-state index in [1.807, 2.05) is 0 Å². The van der Waals surface area contributed by atoms with Crippen LogP contribution in [0.3, 0.4) is 0 Å². The van der Waals surface area contributed by atoms with Gasteiger partial charge in [0.2, 0.25) is 12.5 Å². The fourth-order valence-electron chi connectivity index (χ4n) is 0.765. The van der Waals surface area contributed by atoms with E-state index >= 15 is 0 Å². The molecule has 0 aliphatic heterocycles. The van der Waals surface area contributed by atoms with Crippen LogP contribution in [0.4, 0.5) is 0 Å². The molecule has 22 heavy (non-hydrogen) atoms. The first-order valence-electron chi connectivity index (χ1n) is 4.05. The van der Waals surface area contributed by atoms with Crippen LogP contribution in [0, 0.1) is 0 Å². The summed E-state index contributed by atoms with van der Waals surface area (Å²) in [6, 6.07) is 0. The molecule has 0 aliphatic carbocycles. The Kier molecular flexibility index (Phi) is 10.9. The van der Waals surface area contributed by atoms with Crippen LogP contribution in [0.2, 0.25) is 0 Å². The van der Waals surface area contributed by atoms with E-state index in [1.54, 1.807) is 0 Å². The van der Waals surface area contributed by atoms with Crippen LogP contribution >= 0.6 is 135 Å². The Morgan fingerprint density at radius 2 is 1.00 bits per heavy atom. The first-order chi connectivity index (χ1) is 8.71. The summed E-state index contributed by atoms with van der Waals surface area (Å²) in [5, 5.41) is 0. The van der Waals surface area contributed by atoms with Crippen molar-refractivity contribution in [2.24, 2.45) is 0 Å². The van der Waals surface area contributed by atoms with Crippen LogP contribution < -0.4 is 0 Å². The monoisotopic (exact) mass is 550 g/mol. The average Bonchev–Trinajstić information content (AvgIpc) is 2.10. The van der Waals surface area contributed by atoms with E-state index in [-0.39, 0.29) is 18.9 Å². The summed E-state index contributed by atoms with van der Waals surface area (Å²) >= 11 is 62.1. The van der Waals surface area contributed by atoms with Gasteiger partial charge < -0.3 is 9.79 Å². The molecule has 0 aromatic rings. The van der Waals surface area contributed by atoms with E-state index in [0.29, 0.717) is 0 Å². The molecule has 0 fully saturated rings. The van der Waals surface area contributed by atoms with E-state index in [0.717, 1.165) is 0 Å². The quantitative estimate of drug-likeness (QED) is 0.269. The first-order valence-corrected chi connectivity index (χ1v) is 9.74. The fraction of sp³-hybridized carbons (Fsp3) is 1.00. The molecule has 0 saturated heterocycles. The molecule has 0 rings (SSSR count). The summed E-state index contributed by atoms with van der Waals surface area (Å²) < 4.78 is 0.525. The van der Waals surface area contributed by atoms with Crippen molar-refractivity contribution < 1.29 is 18.9 Å². The van der Waals surface area contributed by atoms with Gasteiger partial charge in [0, 0.05) is 0 Å². The minimum absolute atomic E-state index is 0. The molecule has 2 N–H and O–H groups in total. The summed E-state index contributed by atoms with van der Waals surface area (Å²) in [4.78, 5) is 17.4.